The summed E-state index contributed by atoms with van der Waals surface area (Å²) >= 11 is 0. The van der Waals surface area contributed by atoms with Gasteiger partial charge in [-0.2, -0.15) is 0 Å². The zero-order valence-corrected chi connectivity index (χ0v) is 11.6. The molecule has 2 unspecified atom stereocenters. The maximum Gasteiger partial charge on any atom is 0.272 e. The van der Waals surface area contributed by atoms with Gasteiger partial charge in [-0.25, -0.2) is 4.39 Å². The minimum absolute atomic E-state index is 0.222. The van der Waals surface area contributed by atoms with Gasteiger partial charge in [0.15, 0.2) is 0 Å². The number of allylic oxidation sites excluding steroid dienone is 3. The first-order valence-corrected chi connectivity index (χ1v) is 6.34. The van der Waals surface area contributed by atoms with Crippen LogP contribution >= 0.6 is 0 Å². The van der Waals surface area contributed by atoms with Gasteiger partial charge in [-0.1, -0.05) is 36.9 Å². The van der Waals surface area contributed by atoms with Crippen LogP contribution in [0, 0.1) is 17.9 Å². The minimum atomic E-state index is -0.222. The van der Waals surface area contributed by atoms with Gasteiger partial charge in [0.05, 0.1) is 12.2 Å². The van der Waals surface area contributed by atoms with Crippen molar-refractivity contribution in [3.8, 4) is 6.07 Å². The van der Waals surface area contributed by atoms with E-state index >= 15 is 0 Å². The minimum Gasteiger partial charge on any atom is -0.212 e. The van der Waals surface area contributed by atoms with Crippen molar-refractivity contribution in [1.82, 2.24) is 0 Å². The Morgan fingerprint density at radius 3 is 2.65 bits per heavy atom. The van der Waals surface area contributed by atoms with E-state index in [1.54, 1.807) is 7.05 Å². The molecule has 0 saturated heterocycles. The summed E-state index contributed by atoms with van der Waals surface area (Å²) in [6.45, 7) is 9.71. The zero-order valence-electron chi connectivity index (χ0n) is 11.6. The van der Waals surface area contributed by atoms with E-state index in [0.717, 1.165) is 19.3 Å². The fourth-order valence-electron chi connectivity index (χ4n) is 2.26. The molecule has 2 atom stereocenters. The predicted octanol–water partition coefficient (Wildman–Crippen LogP) is 5.21. The molecule has 0 N–H and O–H groups in total. The maximum absolute atomic E-state index is 12.9. The SMILES string of the molecule is C=C(F)CC(C)C(CCC#[N+]C)C(C)=CCC. The van der Waals surface area contributed by atoms with E-state index in [-0.39, 0.29) is 11.7 Å². The van der Waals surface area contributed by atoms with Gasteiger partial charge in [0.2, 0.25) is 0 Å². The predicted molar refractivity (Wildman–Crippen MR) is 74.0 cm³/mol. The van der Waals surface area contributed by atoms with Crippen LogP contribution in [0.3, 0.4) is 0 Å². The third-order valence-electron chi connectivity index (χ3n) is 3.07. The van der Waals surface area contributed by atoms with Crippen LogP contribution in [0.5, 0.6) is 0 Å². The zero-order chi connectivity index (χ0) is 13.3. The van der Waals surface area contributed by atoms with Gasteiger partial charge < -0.3 is 0 Å². The van der Waals surface area contributed by atoms with Crippen LogP contribution in [-0.2, 0) is 0 Å². The van der Waals surface area contributed by atoms with Crippen LogP contribution in [0.25, 0.3) is 4.85 Å². The molecule has 0 heterocycles. The van der Waals surface area contributed by atoms with Gasteiger partial charge >= 0.3 is 0 Å². The summed E-state index contributed by atoms with van der Waals surface area (Å²) in [5.41, 5.74) is 1.35. The number of hydrogen-bond acceptors (Lipinski definition) is 0. The summed E-state index contributed by atoms with van der Waals surface area (Å²) in [4.78, 5) is 3.87. The van der Waals surface area contributed by atoms with Crippen LogP contribution in [0.4, 0.5) is 4.39 Å². The van der Waals surface area contributed by atoms with Crippen molar-refractivity contribution in [3.05, 3.63) is 28.9 Å². The fraction of sp³-hybridized carbons (Fsp3) is 0.667. The smallest absolute Gasteiger partial charge is 0.212 e. The largest absolute Gasteiger partial charge is 0.272 e. The standard InChI is InChI=1S/C15H25FN/c1-6-8-12(2)15(9-7-10-17-5)13(3)11-14(4)16/h8,13,15H,4,6-7,9,11H2,1-3,5H3/q+1. The van der Waals surface area contributed by atoms with E-state index in [2.05, 4.69) is 44.3 Å². The van der Waals surface area contributed by atoms with Gasteiger partial charge in [0.1, 0.15) is 0 Å². The molecular formula is C15H25FN+. The van der Waals surface area contributed by atoms with Gasteiger partial charge in [0.25, 0.3) is 13.1 Å². The number of halogens is 1. The highest BCUT2D eigenvalue weighted by atomic mass is 19.1. The van der Waals surface area contributed by atoms with Crippen LogP contribution in [0.1, 0.15) is 46.5 Å². The van der Waals surface area contributed by atoms with Crippen molar-refractivity contribution in [2.24, 2.45) is 11.8 Å². The second kappa shape index (κ2) is 8.98. The number of nitrogens with zero attached hydrogens (tertiary/aromatic N) is 1. The molecule has 0 aromatic carbocycles. The lowest BCUT2D eigenvalue weighted by Gasteiger charge is -2.23. The lowest BCUT2D eigenvalue weighted by molar-refractivity contribution is 0.362. The van der Waals surface area contributed by atoms with E-state index in [1.807, 2.05) is 0 Å². The highest BCUT2D eigenvalue weighted by molar-refractivity contribution is 5.06. The van der Waals surface area contributed by atoms with Crippen LogP contribution < -0.4 is 0 Å². The lowest BCUT2D eigenvalue weighted by atomic mass is 9.82. The van der Waals surface area contributed by atoms with Crippen LogP contribution in [-0.4, -0.2) is 7.05 Å². The first-order chi connectivity index (χ1) is 8.02. The van der Waals surface area contributed by atoms with Crippen LogP contribution in [0.2, 0.25) is 0 Å². The topological polar surface area (TPSA) is 4.36 Å². The molecule has 0 aliphatic rings. The normalized spacial score (nSPS) is 14.8. The maximum atomic E-state index is 12.9. The van der Waals surface area contributed by atoms with Gasteiger partial charge in [-0.05, 0) is 31.6 Å². The van der Waals surface area contributed by atoms with Gasteiger partial charge in [0, 0.05) is 6.42 Å². The molecule has 96 valence electrons. The first kappa shape index (κ1) is 15.9. The monoisotopic (exact) mass is 238 g/mol. The molecule has 0 radical (unpaired) electrons. The highest BCUT2D eigenvalue weighted by Crippen LogP contribution is 2.30. The second-order valence-corrected chi connectivity index (χ2v) is 4.58. The second-order valence-electron chi connectivity index (χ2n) is 4.58. The molecule has 0 aromatic rings. The van der Waals surface area contributed by atoms with Gasteiger partial charge in [-0.15, -0.1) is 0 Å². The molecule has 2 heteroatoms. The Labute approximate surface area is 105 Å². The van der Waals surface area contributed by atoms with E-state index in [9.17, 15) is 4.39 Å². The third kappa shape index (κ3) is 6.94. The Morgan fingerprint density at radius 2 is 2.18 bits per heavy atom. The molecule has 0 amide bonds. The summed E-state index contributed by atoms with van der Waals surface area (Å²) < 4.78 is 12.9. The Kier molecular flexibility index (Phi) is 8.40. The number of hydrogen-bond donors (Lipinski definition) is 0. The summed E-state index contributed by atoms with van der Waals surface area (Å²) in [6.07, 6.45) is 5.51. The van der Waals surface area contributed by atoms with Crippen molar-refractivity contribution in [1.29, 1.82) is 0 Å². The van der Waals surface area contributed by atoms with E-state index < -0.39 is 0 Å². The molecule has 1 nitrogen and oxygen atoms in total. The van der Waals surface area contributed by atoms with Crippen molar-refractivity contribution in [3.63, 3.8) is 0 Å². The molecule has 0 aromatic heterocycles. The van der Waals surface area contributed by atoms with Crippen molar-refractivity contribution < 1.29 is 4.39 Å². The summed E-state index contributed by atoms with van der Waals surface area (Å²) in [5.74, 6) is 0.464. The molecule has 0 saturated carbocycles. The highest BCUT2D eigenvalue weighted by Gasteiger charge is 2.19. The van der Waals surface area contributed by atoms with E-state index in [0.29, 0.717) is 12.3 Å². The molecule has 0 rings (SSSR count). The van der Waals surface area contributed by atoms with E-state index in [1.165, 1.54) is 5.57 Å². The Morgan fingerprint density at radius 1 is 1.53 bits per heavy atom. The van der Waals surface area contributed by atoms with Crippen molar-refractivity contribution >= 4 is 0 Å². The molecule has 0 fully saturated rings. The third-order valence-corrected chi connectivity index (χ3v) is 3.07. The summed E-state index contributed by atoms with van der Waals surface area (Å²) in [6, 6.07) is 2.97. The number of rotatable bonds is 7. The molecule has 0 aliphatic heterocycles. The Balaban J connectivity index is 4.62. The first-order valence-electron chi connectivity index (χ1n) is 6.34. The average Bonchev–Trinajstić information content (AvgIpc) is 2.23. The van der Waals surface area contributed by atoms with Gasteiger partial charge in [-0.3, -0.25) is 0 Å². The molecule has 0 spiro atoms. The summed E-state index contributed by atoms with van der Waals surface area (Å²) in [7, 11) is 1.73. The fourth-order valence-corrected chi connectivity index (χ4v) is 2.26. The molecule has 0 bridgehead atoms. The van der Waals surface area contributed by atoms with Crippen molar-refractivity contribution in [2.45, 2.75) is 46.5 Å². The molecule has 0 aliphatic carbocycles. The van der Waals surface area contributed by atoms with Crippen LogP contribution in [0.15, 0.2) is 24.1 Å². The Hall–Kier alpha value is -1.10. The quantitative estimate of drug-likeness (QED) is 0.536. The molecule has 17 heavy (non-hydrogen) atoms. The molecular weight excluding hydrogens is 213 g/mol. The lowest BCUT2D eigenvalue weighted by Crippen LogP contribution is -2.13. The average molecular weight is 238 g/mol. The Bertz CT molecular complexity index is 320. The summed E-state index contributed by atoms with van der Waals surface area (Å²) in [5, 5.41) is 0. The van der Waals surface area contributed by atoms with E-state index in [4.69, 9.17) is 0 Å². The van der Waals surface area contributed by atoms with Crippen molar-refractivity contribution in [2.75, 3.05) is 7.05 Å².